The van der Waals surface area contributed by atoms with Gasteiger partial charge < -0.3 is 14.2 Å². The molecule has 1 saturated heterocycles. The van der Waals surface area contributed by atoms with E-state index in [-0.39, 0.29) is 10.9 Å². The van der Waals surface area contributed by atoms with Crippen LogP contribution in [0.3, 0.4) is 0 Å². The highest BCUT2D eigenvalue weighted by atomic mass is 19.4. The number of aromatic amines is 1. The molecule has 0 amide bonds. The maximum atomic E-state index is 12.4. The Kier molecular flexibility index (Phi) is 5.46. The molecule has 0 unspecified atom stereocenters. The fraction of sp³-hybridized carbons (Fsp3) is 0.474. The fourth-order valence-electron chi connectivity index (χ4n) is 3.58. The first-order valence-electron chi connectivity index (χ1n) is 9.58. The molecule has 0 bridgehead atoms. The van der Waals surface area contributed by atoms with Crippen molar-refractivity contribution in [2.24, 2.45) is 5.92 Å². The molecule has 1 aliphatic rings. The number of aromatic nitrogens is 5. The largest absolute Gasteiger partial charge is 0.455 e. The van der Waals surface area contributed by atoms with Gasteiger partial charge >= 0.3 is 6.18 Å². The number of piperidine rings is 1. The second kappa shape index (κ2) is 8.05. The van der Waals surface area contributed by atoms with Gasteiger partial charge in [0.1, 0.15) is 16.9 Å². The molecule has 11 heteroatoms. The third kappa shape index (κ3) is 4.61. The zero-order valence-electron chi connectivity index (χ0n) is 16.3. The molecule has 0 atom stereocenters. The van der Waals surface area contributed by atoms with Gasteiger partial charge in [0, 0.05) is 18.9 Å². The lowest BCUT2D eigenvalue weighted by Gasteiger charge is -2.28. The highest BCUT2D eigenvalue weighted by Gasteiger charge is 2.29. The van der Waals surface area contributed by atoms with Gasteiger partial charge in [-0.15, -0.1) is 0 Å². The average molecular weight is 422 g/mol. The Morgan fingerprint density at radius 3 is 2.77 bits per heavy atom. The van der Waals surface area contributed by atoms with Crippen molar-refractivity contribution in [3.05, 3.63) is 35.1 Å². The molecule has 8 nitrogen and oxygen atoms in total. The molecule has 1 aliphatic heterocycles. The van der Waals surface area contributed by atoms with Gasteiger partial charge in [0.05, 0.1) is 11.7 Å². The molecule has 4 rings (SSSR count). The molecule has 30 heavy (non-hydrogen) atoms. The maximum absolute atomic E-state index is 12.4. The predicted octanol–water partition coefficient (Wildman–Crippen LogP) is 2.46. The number of halogens is 3. The Bertz CT molecular complexity index is 1090. The molecule has 0 radical (unpaired) electrons. The Hall–Kier alpha value is -2.95. The average Bonchev–Trinajstić information content (AvgIpc) is 3.15. The number of likely N-dealkylation sites (tertiary alicyclic amines) is 1. The van der Waals surface area contributed by atoms with Crippen molar-refractivity contribution in [1.29, 1.82) is 0 Å². The van der Waals surface area contributed by atoms with Crippen LogP contribution in [-0.4, -0.2) is 62.3 Å². The number of imidazole rings is 1. The monoisotopic (exact) mass is 422 g/mol. The third-order valence-electron chi connectivity index (χ3n) is 5.16. The van der Waals surface area contributed by atoms with Gasteiger partial charge in [-0.3, -0.25) is 14.8 Å². The van der Waals surface area contributed by atoms with E-state index < -0.39 is 24.4 Å². The smallest absolute Gasteiger partial charge is 0.422 e. The number of alkyl halides is 3. The number of ether oxygens (including phenoxy) is 1. The topological polar surface area (TPSA) is 88.9 Å². The van der Waals surface area contributed by atoms with Gasteiger partial charge in [-0.2, -0.15) is 18.2 Å². The molecule has 0 spiro atoms. The molecule has 1 fully saturated rings. The zero-order valence-corrected chi connectivity index (χ0v) is 16.3. The van der Waals surface area contributed by atoms with Crippen LogP contribution in [0.1, 0.15) is 12.8 Å². The molecular weight excluding hydrogens is 401 g/mol. The molecule has 3 aromatic rings. The Morgan fingerprint density at radius 1 is 1.27 bits per heavy atom. The van der Waals surface area contributed by atoms with Gasteiger partial charge in [-0.1, -0.05) is 0 Å². The standard InChI is InChI=1S/C19H21F3N6O2/c1-27-6-3-12(4-7-27)8-28-9-14(24-11-28)16-15-13(2-5-23-16)17(29)26-18(25-15)30-10-19(20,21)22/h2,5,9,11-12H,3-4,6-8,10H2,1H3,(H,25,26,29). The first kappa shape index (κ1) is 20.3. The first-order chi connectivity index (χ1) is 14.3. The van der Waals surface area contributed by atoms with Crippen LogP contribution in [-0.2, 0) is 6.54 Å². The van der Waals surface area contributed by atoms with Crippen LogP contribution in [0.25, 0.3) is 22.3 Å². The van der Waals surface area contributed by atoms with Crippen LogP contribution in [0.4, 0.5) is 13.2 Å². The number of hydrogen-bond acceptors (Lipinski definition) is 6. The molecule has 4 heterocycles. The van der Waals surface area contributed by atoms with Gasteiger partial charge in [0.2, 0.25) is 0 Å². The quantitative estimate of drug-likeness (QED) is 0.680. The molecule has 0 aromatic carbocycles. The lowest BCUT2D eigenvalue weighted by atomic mass is 9.97. The van der Waals surface area contributed by atoms with Crippen molar-refractivity contribution in [1.82, 2.24) is 29.4 Å². The Labute approximate surface area is 169 Å². The van der Waals surface area contributed by atoms with E-state index in [4.69, 9.17) is 0 Å². The number of fused-ring (bicyclic) bond motifs is 1. The van der Waals surface area contributed by atoms with E-state index in [0.29, 0.717) is 17.3 Å². The second-order valence-corrected chi connectivity index (χ2v) is 7.53. The van der Waals surface area contributed by atoms with Gasteiger partial charge in [-0.05, 0) is 45.0 Å². The van der Waals surface area contributed by atoms with E-state index in [0.717, 1.165) is 32.5 Å². The molecule has 0 aliphatic carbocycles. The SMILES string of the molecule is CN1CCC(Cn2cnc(-c3nccc4c(=O)[nH]c(OCC(F)(F)F)nc34)c2)CC1. The van der Waals surface area contributed by atoms with Crippen molar-refractivity contribution in [2.75, 3.05) is 26.7 Å². The second-order valence-electron chi connectivity index (χ2n) is 7.53. The van der Waals surface area contributed by atoms with Gasteiger partial charge in [-0.25, -0.2) is 4.98 Å². The number of nitrogens with zero attached hydrogens (tertiary/aromatic N) is 5. The maximum Gasteiger partial charge on any atom is 0.422 e. The molecule has 1 N–H and O–H groups in total. The van der Waals surface area contributed by atoms with Crippen LogP contribution in [0, 0.1) is 5.92 Å². The third-order valence-corrected chi connectivity index (χ3v) is 5.16. The Morgan fingerprint density at radius 2 is 2.03 bits per heavy atom. The van der Waals surface area contributed by atoms with Crippen LogP contribution in [0.15, 0.2) is 29.6 Å². The minimum atomic E-state index is -4.54. The van der Waals surface area contributed by atoms with Crippen molar-refractivity contribution >= 4 is 10.9 Å². The highest BCUT2D eigenvalue weighted by molar-refractivity contribution is 5.89. The zero-order chi connectivity index (χ0) is 21.3. The van der Waals surface area contributed by atoms with Crippen molar-refractivity contribution in [3.8, 4) is 17.4 Å². The van der Waals surface area contributed by atoms with Crippen molar-refractivity contribution < 1.29 is 17.9 Å². The Balaban J connectivity index is 1.61. The molecular formula is C19H21F3N6O2. The summed E-state index contributed by atoms with van der Waals surface area (Å²) in [5, 5.41) is 0.198. The number of H-pyrrole nitrogens is 1. The summed E-state index contributed by atoms with van der Waals surface area (Å²) >= 11 is 0. The number of nitrogens with one attached hydrogen (secondary N) is 1. The summed E-state index contributed by atoms with van der Waals surface area (Å²) in [6.07, 6.45) is 2.63. The molecule has 160 valence electrons. The van der Waals surface area contributed by atoms with Gasteiger partial charge in [0.25, 0.3) is 11.6 Å². The van der Waals surface area contributed by atoms with E-state index in [1.807, 2.05) is 10.8 Å². The van der Waals surface area contributed by atoms with Gasteiger partial charge in [0.15, 0.2) is 6.61 Å². The molecule has 0 saturated carbocycles. The van der Waals surface area contributed by atoms with Crippen molar-refractivity contribution in [2.45, 2.75) is 25.6 Å². The fourth-order valence-corrected chi connectivity index (χ4v) is 3.58. The lowest BCUT2D eigenvalue weighted by molar-refractivity contribution is -0.154. The lowest BCUT2D eigenvalue weighted by Crippen LogP contribution is -2.31. The summed E-state index contributed by atoms with van der Waals surface area (Å²) in [7, 11) is 2.11. The van der Waals surface area contributed by atoms with E-state index in [1.165, 1.54) is 12.3 Å². The summed E-state index contributed by atoms with van der Waals surface area (Å²) in [5.74, 6) is 0.548. The number of pyridine rings is 1. The van der Waals surface area contributed by atoms with Crippen LogP contribution in [0.5, 0.6) is 6.01 Å². The van der Waals surface area contributed by atoms with Crippen LogP contribution >= 0.6 is 0 Å². The summed E-state index contributed by atoms with van der Waals surface area (Å²) < 4.78 is 43.9. The van der Waals surface area contributed by atoms with Crippen LogP contribution < -0.4 is 10.3 Å². The highest BCUT2D eigenvalue weighted by Crippen LogP contribution is 2.25. The summed E-state index contributed by atoms with van der Waals surface area (Å²) in [6.45, 7) is 1.39. The summed E-state index contributed by atoms with van der Waals surface area (Å²) in [6, 6.07) is 0.943. The molecule has 3 aromatic heterocycles. The minimum Gasteiger partial charge on any atom is -0.455 e. The predicted molar refractivity (Wildman–Crippen MR) is 103 cm³/mol. The minimum absolute atomic E-state index is 0.142. The first-order valence-corrected chi connectivity index (χ1v) is 9.58. The van der Waals surface area contributed by atoms with E-state index in [1.54, 1.807) is 6.33 Å². The van der Waals surface area contributed by atoms with E-state index >= 15 is 0 Å². The summed E-state index contributed by atoms with van der Waals surface area (Å²) in [5.41, 5.74) is 0.348. The normalized spacial score (nSPS) is 16.3. The number of hydrogen-bond donors (Lipinski definition) is 1. The van der Waals surface area contributed by atoms with Crippen molar-refractivity contribution in [3.63, 3.8) is 0 Å². The van der Waals surface area contributed by atoms with E-state index in [9.17, 15) is 18.0 Å². The number of rotatable bonds is 5. The van der Waals surface area contributed by atoms with E-state index in [2.05, 4.69) is 36.6 Å². The summed E-state index contributed by atoms with van der Waals surface area (Å²) in [4.78, 5) is 29.5. The van der Waals surface area contributed by atoms with Crippen LogP contribution in [0.2, 0.25) is 0 Å².